The Morgan fingerprint density at radius 1 is 1.09 bits per heavy atom. The van der Waals surface area contributed by atoms with Gasteiger partial charge >= 0.3 is 0 Å². The van der Waals surface area contributed by atoms with Crippen LogP contribution in [-0.4, -0.2) is 25.4 Å². The molecule has 0 N–H and O–H groups in total. The molecule has 0 aliphatic rings. The molecule has 23 heavy (non-hydrogen) atoms. The van der Waals surface area contributed by atoms with Crippen LogP contribution in [0.5, 0.6) is 0 Å². The van der Waals surface area contributed by atoms with Gasteiger partial charge in [0.2, 0.25) is 11.6 Å². The third-order valence-electron chi connectivity index (χ3n) is 3.18. The lowest BCUT2D eigenvalue weighted by Gasteiger charge is -1.94. The average molecular weight is 311 g/mol. The predicted molar refractivity (Wildman–Crippen MR) is 76.5 cm³/mol. The number of furan rings is 1. The van der Waals surface area contributed by atoms with Crippen LogP contribution in [0.3, 0.4) is 0 Å². The molecule has 0 spiro atoms. The van der Waals surface area contributed by atoms with Gasteiger partial charge < -0.3 is 8.94 Å². The number of nitrogens with zero attached hydrogens (tertiary/aromatic N) is 5. The summed E-state index contributed by atoms with van der Waals surface area (Å²) in [6.07, 6.45) is 1.56. The Balaban J connectivity index is 1.53. The lowest BCUT2D eigenvalue weighted by Crippen LogP contribution is -2.04. The van der Waals surface area contributed by atoms with E-state index in [9.17, 15) is 4.39 Å². The fraction of sp³-hybridized carbons (Fsp3) is 0.0667. The van der Waals surface area contributed by atoms with Crippen LogP contribution in [0.25, 0.3) is 22.9 Å². The molecule has 4 rings (SSSR count). The number of tetrazole rings is 1. The second kappa shape index (κ2) is 5.48. The fourth-order valence-electron chi connectivity index (χ4n) is 2.09. The minimum atomic E-state index is -0.311. The van der Waals surface area contributed by atoms with Gasteiger partial charge in [-0.15, -0.1) is 10.2 Å². The third-order valence-corrected chi connectivity index (χ3v) is 3.18. The Labute approximate surface area is 129 Å². The van der Waals surface area contributed by atoms with Gasteiger partial charge in [-0.1, -0.05) is 5.16 Å². The van der Waals surface area contributed by atoms with Gasteiger partial charge in [0.05, 0.1) is 6.26 Å². The van der Waals surface area contributed by atoms with Crippen molar-refractivity contribution in [3.8, 4) is 22.9 Å². The van der Waals surface area contributed by atoms with Crippen LogP contribution < -0.4 is 0 Å². The van der Waals surface area contributed by atoms with E-state index in [4.69, 9.17) is 8.94 Å². The van der Waals surface area contributed by atoms with Gasteiger partial charge in [-0.3, -0.25) is 0 Å². The summed E-state index contributed by atoms with van der Waals surface area (Å²) in [7, 11) is 0. The number of rotatable bonds is 4. The van der Waals surface area contributed by atoms with E-state index in [1.165, 1.54) is 16.9 Å². The number of halogens is 1. The summed E-state index contributed by atoms with van der Waals surface area (Å²) < 4.78 is 23.4. The van der Waals surface area contributed by atoms with Gasteiger partial charge in [-0.2, -0.15) is 4.80 Å². The van der Waals surface area contributed by atoms with Gasteiger partial charge in [-0.05, 0) is 41.6 Å². The van der Waals surface area contributed by atoms with Crippen molar-refractivity contribution in [2.24, 2.45) is 0 Å². The normalized spacial score (nSPS) is 11.0. The largest absolute Gasteiger partial charge is 0.461 e. The first-order valence-electron chi connectivity index (χ1n) is 6.81. The molecule has 8 heteroatoms. The zero-order valence-corrected chi connectivity index (χ0v) is 11.8. The highest BCUT2D eigenvalue weighted by molar-refractivity contribution is 5.53. The van der Waals surface area contributed by atoms with E-state index in [1.54, 1.807) is 36.6 Å². The number of aromatic nitrogens is 5. The van der Waals surface area contributed by atoms with Crippen LogP contribution in [0, 0.1) is 5.82 Å². The molecule has 1 aromatic carbocycles. The van der Waals surface area contributed by atoms with E-state index in [-0.39, 0.29) is 5.82 Å². The van der Waals surface area contributed by atoms with Crippen molar-refractivity contribution in [2.45, 2.75) is 6.54 Å². The van der Waals surface area contributed by atoms with Crippen molar-refractivity contribution in [3.63, 3.8) is 0 Å². The maximum Gasteiger partial charge on any atom is 0.204 e. The van der Waals surface area contributed by atoms with Crippen molar-refractivity contribution in [1.82, 2.24) is 25.4 Å². The highest BCUT2D eigenvalue weighted by atomic mass is 19.1. The summed E-state index contributed by atoms with van der Waals surface area (Å²) in [5, 5.41) is 16.1. The van der Waals surface area contributed by atoms with Crippen molar-refractivity contribution in [1.29, 1.82) is 0 Å². The topological polar surface area (TPSA) is 82.8 Å². The van der Waals surface area contributed by atoms with Gasteiger partial charge in [0.1, 0.15) is 18.1 Å². The molecule has 0 fully saturated rings. The molecular weight excluding hydrogens is 301 g/mol. The third kappa shape index (κ3) is 2.73. The van der Waals surface area contributed by atoms with Gasteiger partial charge in [0, 0.05) is 11.6 Å². The van der Waals surface area contributed by atoms with E-state index >= 15 is 0 Å². The average Bonchev–Trinajstić information content (AvgIpc) is 3.29. The lowest BCUT2D eigenvalue weighted by atomic mass is 10.2. The molecule has 0 aliphatic heterocycles. The maximum atomic E-state index is 12.9. The summed E-state index contributed by atoms with van der Waals surface area (Å²) in [6, 6.07) is 11.2. The Bertz CT molecular complexity index is 912. The molecule has 0 unspecified atom stereocenters. The van der Waals surface area contributed by atoms with Crippen LogP contribution in [0.2, 0.25) is 0 Å². The van der Waals surface area contributed by atoms with Gasteiger partial charge in [0.25, 0.3) is 0 Å². The van der Waals surface area contributed by atoms with E-state index < -0.39 is 0 Å². The molecule has 0 bridgehead atoms. The number of benzene rings is 1. The quantitative estimate of drug-likeness (QED) is 0.576. The molecule has 3 heterocycles. The molecule has 7 nitrogen and oxygen atoms in total. The molecule has 0 amide bonds. The molecule has 0 saturated carbocycles. The Kier molecular flexibility index (Phi) is 3.19. The number of hydrogen-bond acceptors (Lipinski definition) is 6. The first kappa shape index (κ1) is 13.4. The van der Waals surface area contributed by atoms with Crippen molar-refractivity contribution in [2.75, 3.05) is 0 Å². The Morgan fingerprint density at radius 3 is 2.74 bits per heavy atom. The summed E-state index contributed by atoms with van der Waals surface area (Å²) in [5.41, 5.74) is 1.33. The summed E-state index contributed by atoms with van der Waals surface area (Å²) in [6.45, 7) is 0.304. The smallest absolute Gasteiger partial charge is 0.204 e. The summed E-state index contributed by atoms with van der Waals surface area (Å²) in [4.78, 5) is 1.39. The van der Waals surface area contributed by atoms with Crippen LogP contribution >= 0.6 is 0 Å². The monoisotopic (exact) mass is 311 g/mol. The standard InChI is InChI=1S/C15H10FN5O2/c16-11-5-3-10(4-6-11)15-17-20-21(18-15)9-12-8-14(23-19-12)13-2-1-7-22-13/h1-8H,9H2. The van der Waals surface area contributed by atoms with Crippen molar-refractivity contribution in [3.05, 3.63) is 60.2 Å². The molecular formula is C15H10FN5O2. The molecule has 0 aliphatic carbocycles. The molecule has 0 saturated heterocycles. The maximum absolute atomic E-state index is 12.9. The van der Waals surface area contributed by atoms with Crippen molar-refractivity contribution >= 4 is 0 Å². The van der Waals surface area contributed by atoms with Gasteiger partial charge in [-0.25, -0.2) is 4.39 Å². The van der Waals surface area contributed by atoms with Crippen LogP contribution in [-0.2, 0) is 6.54 Å². The van der Waals surface area contributed by atoms with E-state index in [1.807, 2.05) is 0 Å². The molecule has 4 aromatic rings. The summed E-state index contributed by atoms with van der Waals surface area (Å²) >= 11 is 0. The van der Waals surface area contributed by atoms with E-state index in [0.717, 1.165) is 0 Å². The minimum Gasteiger partial charge on any atom is -0.461 e. The summed E-state index contributed by atoms with van der Waals surface area (Å²) in [5.74, 6) is 1.24. The first-order valence-corrected chi connectivity index (χ1v) is 6.81. The van der Waals surface area contributed by atoms with Crippen LogP contribution in [0.4, 0.5) is 4.39 Å². The van der Waals surface area contributed by atoms with E-state index in [0.29, 0.717) is 35.1 Å². The zero-order valence-electron chi connectivity index (χ0n) is 11.8. The number of hydrogen-bond donors (Lipinski definition) is 0. The SMILES string of the molecule is Fc1ccc(-c2nnn(Cc3cc(-c4ccco4)on3)n2)cc1. The highest BCUT2D eigenvalue weighted by Crippen LogP contribution is 2.21. The molecule has 114 valence electrons. The minimum absolute atomic E-state index is 0.304. The van der Waals surface area contributed by atoms with Crippen LogP contribution in [0.15, 0.2) is 57.7 Å². The van der Waals surface area contributed by atoms with Crippen LogP contribution in [0.1, 0.15) is 5.69 Å². The second-order valence-corrected chi connectivity index (χ2v) is 4.81. The van der Waals surface area contributed by atoms with Crippen molar-refractivity contribution < 1.29 is 13.3 Å². The highest BCUT2D eigenvalue weighted by Gasteiger charge is 2.12. The second-order valence-electron chi connectivity index (χ2n) is 4.81. The lowest BCUT2D eigenvalue weighted by molar-refractivity contribution is 0.404. The zero-order chi connectivity index (χ0) is 15.6. The predicted octanol–water partition coefficient (Wildman–Crippen LogP) is 2.78. The first-order chi connectivity index (χ1) is 11.3. The Hall–Kier alpha value is -3.29. The molecule has 0 radical (unpaired) electrons. The van der Waals surface area contributed by atoms with E-state index in [2.05, 4.69) is 20.6 Å². The van der Waals surface area contributed by atoms with Gasteiger partial charge in [0.15, 0.2) is 5.76 Å². The molecule has 0 atom stereocenters. The molecule has 3 aromatic heterocycles. The Morgan fingerprint density at radius 2 is 1.96 bits per heavy atom. The fourth-order valence-corrected chi connectivity index (χ4v) is 2.09.